The van der Waals surface area contributed by atoms with Crippen molar-refractivity contribution in [2.45, 2.75) is 82.3 Å². The van der Waals surface area contributed by atoms with Gasteiger partial charge in [-0.2, -0.15) is 0 Å². The van der Waals surface area contributed by atoms with Gasteiger partial charge in [0.2, 0.25) is 0 Å². The van der Waals surface area contributed by atoms with E-state index in [0.717, 1.165) is 16.7 Å². The van der Waals surface area contributed by atoms with Crippen LogP contribution in [0.4, 0.5) is 0 Å². The van der Waals surface area contributed by atoms with Crippen LogP contribution in [0.1, 0.15) is 43.4 Å². The molecule has 1 aliphatic heterocycles. The SMILES string of the molecule is [2H][C@@]1(O)O[C@H](C(O)C(=O)CCC(C)=O)[C@H](OCc2ccccc2)[C@H](OCc2ccccc2)[C@@]1(Cc1ccccc1)OCc1ccc(OC)cc1. The van der Waals surface area contributed by atoms with Crippen molar-refractivity contribution in [2.24, 2.45) is 0 Å². The van der Waals surface area contributed by atoms with Crippen molar-refractivity contribution in [3.05, 3.63) is 138 Å². The molecule has 0 amide bonds. The number of carbonyl (C=O) groups excluding carboxylic acids is 2. The van der Waals surface area contributed by atoms with Crippen molar-refractivity contribution in [3.63, 3.8) is 0 Å². The number of rotatable bonds is 17. The number of aliphatic hydroxyl groups is 2. The molecular weight excluding hydrogens is 624 g/mol. The third kappa shape index (κ3) is 9.48. The minimum atomic E-state index is -2.88. The van der Waals surface area contributed by atoms with E-state index in [-0.39, 0.29) is 44.9 Å². The lowest BCUT2D eigenvalue weighted by Crippen LogP contribution is -2.71. The Morgan fingerprint density at radius 3 is 1.86 bits per heavy atom. The Morgan fingerprint density at radius 1 is 0.776 bits per heavy atom. The zero-order valence-corrected chi connectivity index (χ0v) is 27.8. The van der Waals surface area contributed by atoms with E-state index in [1.54, 1.807) is 19.2 Å². The van der Waals surface area contributed by atoms with E-state index < -0.39 is 42.1 Å². The molecule has 0 aromatic heterocycles. The molecule has 9 heteroatoms. The molecule has 1 fully saturated rings. The maximum absolute atomic E-state index is 13.3. The molecule has 0 aliphatic carbocycles. The molecule has 4 aromatic carbocycles. The summed E-state index contributed by atoms with van der Waals surface area (Å²) in [6, 6.07) is 35.1. The third-order valence-corrected chi connectivity index (χ3v) is 8.58. The molecule has 0 bridgehead atoms. The molecule has 1 aliphatic rings. The fourth-order valence-electron chi connectivity index (χ4n) is 5.87. The molecule has 49 heavy (non-hydrogen) atoms. The molecule has 1 unspecified atom stereocenters. The van der Waals surface area contributed by atoms with Crippen LogP contribution in [0.2, 0.25) is 0 Å². The standard InChI is InChI=1S/C40H44O9/c1-28(41)18-23-34(42)35(43)36-37(46-25-30-14-8-4-9-15-30)38(47-26-31-16-10-5-11-17-31)40(39(44)49-36,24-29-12-6-3-7-13-29)48-27-32-19-21-33(45-2)22-20-32/h3-17,19-22,35-39,43-44H,18,23-27H2,1-2H3/t35?,36-,37+,38+,39-,40-/m1/s1/i39D. The van der Waals surface area contributed by atoms with Gasteiger partial charge in [0.15, 0.2) is 17.7 Å². The van der Waals surface area contributed by atoms with Gasteiger partial charge in [-0.1, -0.05) is 103 Å². The largest absolute Gasteiger partial charge is 0.497 e. The molecule has 1 saturated heterocycles. The number of aliphatic hydroxyl groups excluding tert-OH is 1. The van der Waals surface area contributed by atoms with E-state index in [1.165, 1.54) is 6.92 Å². The fraction of sp³-hybridized carbons (Fsp3) is 0.350. The van der Waals surface area contributed by atoms with Crippen LogP contribution in [0, 0.1) is 0 Å². The van der Waals surface area contributed by atoms with E-state index in [4.69, 9.17) is 23.7 Å². The van der Waals surface area contributed by atoms with Crippen LogP contribution in [0.5, 0.6) is 5.75 Å². The first-order chi connectivity index (χ1) is 24.1. The first kappa shape index (κ1) is 34.6. The van der Waals surface area contributed by atoms with Gasteiger partial charge in [0.05, 0.1) is 28.3 Å². The van der Waals surface area contributed by atoms with Gasteiger partial charge in [0, 0.05) is 19.3 Å². The Labute approximate surface area is 288 Å². The van der Waals surface area contributed by atoms with Gasteiger partial charge in [-0.15, -0.1) is 0 Å². The summed E-state index contributed by atoms with van der Waals surface area (Å²) in [5, 5.41) is 23.7. The zero-order valence-electron chi connectivity index (χ0n) is 28.8. The monoisotopic (exact) mass is 669 g/mol. The van der Waals surface area contributed by atoms with E-state index in [2.05, 4.69) is 0 Å². The van der Waals surface area contributed by atoms with Gasteiger partial charge in [0.1, 0.15) is 35.9 Å². The smallest absolute Gasteiger partial charge is 0.187 e. The second kappa shape index (κ2) is 17.4. The predicted molar refractivity (Wildman–Crippen MR) is 183 cm³/mol. The van der Waals surface area contributed by atoms with Crippen LogP contribution in [-0.2, 0) is 54.8 Å². The van der Waals surface area contributed by atoms with E-state index in [9.17, 15) is 21.2 Å². The second-order valence-electron chi connectivity index (χ2n) is 12.2. The number of ether oxygens (including phenoxy) is 5. The van der Waals surface area contributed by atoms with Crippen LogP contribution in [0.25, 0.3) is 0 Å². The summed E-state index contributed by atoms with van der Waals surface area (Å²) in [6.45, 7) is 1.34. The summed E-state index contributed by atoms with van der Waals surface area (Å²) in [4.78, 5) is 25.0. The van der Waals surface area contributed by atoms with Crippen LogP contribution in [0.15, 0.2) is 115 Å². The van der Waals surface area contributed by atoms with Crippen molar-refractivity contribution in [2.75, 3.05) is 7.11 Å². The summed E-state index contributed by atoms with van der Waals surface area (Å²) in [6.07, 6.45) is -9.20. The molecule has 258 valence electrons. The maximum atomic E-state index is 13.3. The summed E-state index contributed by atoms with van der Waals surface area (Å²) in [5.41, 5.74) is 1.06. The van der Waals surface area contributed by atoms with Crippen molar-refractivity contribution in [3.8, 4) is 5.75 Å². The highest BCUT2D eigenvalue weighted by Gasteiger charge is 2.60. The predicted octanol–water partition coefficient (Wildman–Crippen LogP) is 5.38. The Morgan fingerprint density at radius 2 is 1.31 bits per heavy atom. The van der Waals surface area contributed by atoms with Crippen LogP contribution in [0.3, 0.4) is 0 Å². The van der Waals surface area contributed by atoms with E-state index >= 15 is 0 Å². The quantitative estimate of drug-likeness (QED) is 0.153. The number of hydrogen-bond acceptors (Lipinski definition) is 9. The molecule has 0 saturated carbocycles. The molecular formula is C40H44O9. The van der Waals surface area contributed by atoms with Gasteiger partial charge in [-0.05, 0) is 41.3 Å². The lowest BCUT2D eigenvalue weighted by Gasteiger charge is -2.52. The Hall–Kier alpha value is -4.22. The minimum absolute atomic E-state index is 0.0241. The van der Waals surface area contributed by atoms with Gasteiger partial charge in [-0.3, -0.25) is 4.79 Å². The number of hydrogen-bond donors (Lipinski definition) is 2. The average Bonchev–Trinajstić information content (AvgIpc) is 3.13. The van der Waals surface area contributed by atoms with Gasteiger partial charge < -0.3 is 38.7 Å². The molecule has 0 radical (unpaired) electrons. The van der Waals surface area contributed by atoms with Crippen LogP contribution in [-0.4, -0.2) is 65.2 Å². The number of Topliss-reactive ketones (excluding diaryl/α,β-unsaturated/α-hetero) is 2. The normalized spacial score (nSPS) is 24.5. The molecule has 9 nitrogen and oxygen atoms in total. The molecule has 1 heterocycles. The van der Waals surface area contributed by atoms with Crippen LogP contribution < -0.4 is 4.74 Å². The Kier molecular flexibility index (Phi) is 12.3. The number of methoxy groups -OCH3 is 1. The fourth-order valence-corrected chi connectivity index (χ4v) is 5.87. The number of benzene rings is 4. The average molecular weight is 670 g/mol. The maximum Gasteiger partial charge on any atom is 0.187 e. The Bertz CT molecular complexity index is 1650. The third-order valence-electron chi connectivity index (χ3n) is 8.58. The number of ketones is 2. The van der Waals surface area contributed by atoms with Crippen molar-refractivity contribution in [1.29, 1.82) is 0 Å². The van der Waals surface area contributed by atoms with Gasteiger partial charge in [0.25, 0.3) is 0 Å². The highest BCUT2D eigenvalue weighted by Crippen LogP contribution is 2.41. The lowest BCUT2D eigenvalue weighted by atomic mass is 9.79. The van der Waals surface area contributed by atoms with Crippen molar-refractivity contribution in [1.82, 2.24) is 0 Å². The summed E-state index contributed by atoms with van der Waals surface area (Å²) in [5.74, 6) is -0.261. The summed E-state index contributed by atoms with van der Waals surface area (Å²) < 4.78 is 40.7. The van der Waals surface area contributed by atoms with Gasteiger partial charge >= 0.3 is 0 Å². The van der Waals surface area contributed by atoms with E-state index in [1.807, 2.05) is 103 Å². The molecule has 6 atom stereocenters. The highest BCUT2D eigenvalue weighted by molar-refractivity contribution is 5.88. The van der Waals surface area contributed by atoms with Gasteiger partial charge in [-0.25, -0.2) is 0 Å². The molecule has 2 N–H and O–H groups in total. The first-order valence-electron chi connectivity index (χ1n) is 16.8. The summed E-state index contributed by atoms with van der Waals surface area (Å²) in [7, 11) is 1.57. The summed E-state index contributed by atoms with van der Waals surface area (Å²) >= 11 is 0. The first-order valence-corrected chi connectivity index (χ1v) is 16.3. The van der Waals surface area contributed by atoms with Crippen LogP contribution >= 0.6 is 0 Å². The lowest BCUT2D eigenvalue weighted by molar-refractivity contribution is -0.361. The molecule has 4 aromatic rings. The van der Waals surface area contributed by atoms with Crippen molar-refractivity contribution >= 4 is 11.6 Å². The zero-order chi connectivity index (χ0) is 35.6. The molecule has 5 rings (SSSR count). The van der Waals surface area contributed by atoms with Crippen molar-refractivity contribution < 1.29 is 44.9 Å². The molecule has 0 spiro atoms. The minimum Gasteiger partial charge on any atom is -0.497 e. The second-order valence-corrected chi connectivity index (χ2v) is 12.2. The topological polar surface area (TPSA) is 121 Å². The Balaban J connectivity index is 1.62. The highest BCUT2D eigenvalue weighted by atomic mass is 16.7. The van der Waals surface area contributed by atoms with E-state index in [0.29, 0.717) is 11.3 Å². The number of carbonyl (C=O) groups is 2.